The van der Waals surface area contributed by atoms with Gasteiger partial charge in [0.1, 0.15) is 5.82 Å². The number of halogens is 1. The molecule has 0 aromatic heterocycles. The summed E-state index contributed by atoms with van der Waals surface area (Å²) >= 11 is 0. The number of likely N-dealkylation sites (N-methyl/N-ethyl adjacent to an activating group) is 1. The molecule has 1 atom stereocenters. The van der Waals surface area contributed by atoms with Crippen LogP contribution in [0.2, 0.25) is 0 Å². The van der Waals surface area contributed by atoms with Crippen LogP contribution in [0.25, 0.3) is 0 Å². The van der Waals surface area contributed by atoms with E-state index in [4.69, 9.17) is 10.5 Å². The molecule has 0 heterocycles. The van der Waals surface area contributed by atoms with Crippen molar-refractivity contribution in [2.45, 2.75) is 20.0 Å². The summed E-state index contributed by atoms with van der Waals surface area (Å²) in [6.07, 6.45) is -0.929. The molecule has 0 fully saturated rings. The van der Waals surface area contributed by atoms with E-state index in [1.54, 1.807) is 6.92 Å². The average Bonchev–Trinajstić information content (AvgIpc) is 2.28. The molecule has 5 nitrogen and oxygen atoms in total. The van der Waals surface area contributed by atoms with E-state index in [9.17, 15) is 14.0 Å². The Labute approximate surface area is 104 Å². The highest BCUT2D eigenvalue weighted by Crippen LogP contribution is 2.15. The van der Waals surface area contributed by atoms with E-state index in [0.717, 1.165) is 12.1 Å². The Bertz CT molecular complexity index is 463. The first-order valence-corrected chi connectivity index (χ1v) is 5.49. The molecule has 0 radical (unpaired) electrons. The number of carbonyl (C=O) groups excluding carboxylic acids is 2. The average molecular weight is 254 g/mol. The van der Waals surface area contributed by atoms with Crippen molar-refractivity contribution in [2.24, 2.45) is 0 Å². The quantitative estimate of drug-likeness (QED) is 0.622. The van der Waals surface area contributed by atoms with Gasteiger partial charge in [0.25, 0.3) is 5.91 Å². The number of nitrogen functional groups attached to an aromatic ring is 1. The largest absolute Gasteiger partial charge is 0.449 e. The summed E-state index contributed by atoms with van der Waals surface area (Å²) in [5.41, 5.74) is 5.50. The third-order valence-corrected chi connectivity index (χ3v) is 2.24. The molecule has 0 spiro atoms. The minimum atomic E-state index is -0.929. The van der Waals surface area contributed by atoms with Crippen LogP contribution in [0.1, 0.15) is 24.2 Å². The molecule has 1 aromatic carbocycles. The van der Waals surface area contributed by atoms with Crippen molar-refractivity contribution < 1.29 is 18.7 Å². The lowest BCUT2D eigenvalue weighted by atomic mass is 10.2. The Morgan fingerprint density at radius 2 is 2.17 bits per heavy atom. The molecule has 6 heteroatoms. The molecule has 3 N–H and O–H groups in total. The van der Waals surface area contributed by atoms with Crippen molar-refractivity contribution in [1.82, 2.24) is 5.32 Å². The maximum absolute atomic E-state index is 12.8. The zero-order valence-electron chi connectivity index (χ0n) is 10.2. The van der Waals surface area contributed by atoms with E-state index in [1.165, 1.54) is 13.0 Å². The van der Waals surface area contributed by atoms with Crippen LogP contribution in [0.3, 0.4) is 0 Å². The Morgan fingerprint density at radius 3 is 2.72 bits per heavy atom. The standard InChI is InChI=1S/C12H15FN2O3/c1-3-15-11(16)7(2)18-12(17)9-5-4-8(13)6-10(9)14/h4-7H,3,14H2,1-2H3,(H,15,16)/t7-/m1/s1. The van der Waals surface area contributed by atoms with Gasteiger partial charge in [-0.25, -0.2) is 9.18 Å². The SMILES string of the molecule is CCNC(=O)[C@@H](C)OC(=O)c1ccc(F)cc1N. The first-order chi connectivity index (χ1) is 8.45. The third kappa shape index (κ3) is 3.44. The van der Waals surface area contributed by atoms with Crippen LogP contribution in [0.4, 0.5) is 10.1 Å². The number of nitrogens with one attached hydrogen (secondary N) is 1. The number of nitrogens with two attached hydrogens (primary N) is 1. The molecule has 0 saturated heterocycles. The number of rotatable bonds is 4. The zero-order chi connectivity index (χ0) is 13.7. The first-order valence-electron chi connectivity index (χ1n) is 5.49. The fraction of sp³-hybridized carbons (Fsp3) is 0.333. The lowest BCUT2D eigenvalue weighted by Crippen LogP contribution is -2.35. The number of anilines is 1. The second kappa shape index (κ2) is 6.00. The number of hydrogen-bond donors (Lipinski definition) is 2. The molecule has 0 bridgehead atoms. The van der Waals surface area contributed by atoms with Crippen molar-refractivity contribution in [2.75, 3.05) is 12.3 Å². The second-order valence-corrected chi connectivity index (χ2v) is 3.67. The van der Waals surface area contributed by atoms with Gasteiger partial charge in [0, 0.05) is 12.2 Å². The lowest BCUT2D eigenvalue weighted by Gasteiger charge is -2.13. The Hall–Kier alpha value is -2.11. The van der Waals surface area contributed by atoms with Gasteiger partial charge in [0.2, 0.25) is 0 Å². The van der Waals surface area contributed by atoms with Crippen molar-refractivity contribution in [1.29, 1.82) is 0 Å². The Kier molecular flexibility index (Phi) is 4.65. The number of hydrogen-bond acceptors (Lipinski definition) is 4. The molecule has 0 aliphatic heterocycles. The predicted molar refractivity (Wildman–Crippen MR) is 64.4 cm³/mol. The van der Waals surface area contributed by atoms with Gasteiger partial charge in [-0.3, -0.25) is 4.79 Å². The molecule has 0 saturated carbocycles. The molecular formula is C12H15FN2O3. The van der Waals surface area contributed by atoms with E-state index in [-0.39, 0.29) is 11.3 Å². The molecule has 1 rings (SSSR count). The molecule has 0 aliphatic carbocycles. The Balaban J connectivity index is 2.73. The second-order valence-electron chi connectivity index (χ2n) is 3.67. The van der Waals surface area contributed by atoms with Crippen LogP contribution in [-0.2, 0) is 9.53 Å². The van der Waals surface area contributed by atoms with Crippen molar-refractivity contribution >= 4 is 17.6 Å². The zero-order valence-corrected chi connectivity index (χ0v) is 10.2. The molecule has 0 aliphatic rings. The first kappa shape index (κ1) is 14.0. The monoisotopic (exact) mass is 254 g/mol. The van der Waals surface area contributed by atoms with Crippen LogP contribution >= 0.6 is 0 Å². The summed E-state index contributed by atoms with van der Waals surface area (Å²) < 4.78 is 17.7. The van der Waals surface area contributed by atoms with Gasteiger partial charge in [-0.15, -0.1) is 0 Å². The molecule has 0 unspecified atom stereocenters. The summed E-state index contributed by atoms with van der Waals surface area (Å²) in [6.45, 7) is 3.65. The molecular weight excluding hydrogens is 239 g/mol. The molecule has 98 valence electrons. The van der Waals surface area contributed by atoms with E-state index >= 15 is 0 Å². The van der Waals surface area contributed by atoms with Crippen molar-refractivity contribution in [3.63, 3.8) is 0 Å². The van der Waals surface area contributed by atoms with E-state index in [1.807, 2.05) is 0 Å². The number of ether oxygens (including phenoxy) is 1. The van der Waals surface area contributed by atoms with Gasteiger partial charge in [-0.05, 0) is 32.0 Å². The normalized spacial score (nSPS) is 11.7. The molecule has 1 aromatic rings. The summed E-state index contributed by atoms with van der Waals surface area (Å²) in [7, 11) is 0. The van der Waals surface area contributed by atoms with Crippen LogP contribution in [0.5, 0.6) is 0 Å². The van der Waals surface area contributed by atoms with Crippen LogP contribution in [-0.4, -0.2) is 24.5 Å². The fourth-order valence-electron chi connectivity index (χ4n) is 1.31. The minimum absolute atomic E-state index is 0.0249. The third-order valence-electron chi connectivity index (χ3n) is 2.24. The van der Waals surface area contributed by atoms with Gasteiger partial charge in [-0.1, -0.05) is 0 Å². The van der Waals surface area contributed by atoms with Crippen molar-refractivity contribution in [3.8, 4) is 0 Å². The fourth-order valence-corrected chi connectivity index (χ4v) is 1.31. The summed E-state index contributed by atoms with van der Waals surface area (Å²) in [5, 5.41) is 2.52. The van der Waals surface area contributed by atoms with E-state index in [2.05, 4.69) is 5.32 Å². The maximum atomic E-state index is 12.8. The predicted octanol–water partition coefficient (Wildman–Crippen LogP) is 1.09. The molecule has 18 heavy (non-hydrogen) atoms. The van der Waals surface area contributed by atoms with Gasteiger partial charge >= 0.3 is 5.97 Å². The number of carbonyl (C=O) groups is 2. The van der Waals surface area contributed by atoms with Crippen LogP contribution < -0.4 is 11.1 Å². The van der Waals surface area contributed by atoms with Gasteiger partial charge < -0.3 is 15.8 Å². The minimum Gasteiger partial charge on any atom is -0.449 e. The summed E-state index contributed by atoms with van der Waals surface area (Å²) in [5.74, 6) is -1.70. The van der Waals surface area contributed by atoms with Gasteiger partial charge in [0.05, 0.1) is 5.56 Å². The highest BCUT2D eigenvalue weighted by atomic mass is 19.1. The Morgan fingerprint density at radius 1 is 1.50 bits per heavy atom. The number of benzene rings is 1. The summed E-state index contributed by atoms with van der Waals surface area (Å²) in [4.78, 5) is 23.1. The highest BCUT2D eigenvalue weighted by molar-refractivity contribution is 5.96. The van der Waals surface area contributed by atoms with Gasteiger partial charge in [-0.2, -0.15) is 0 Å². The topological polar surface area (TPSA) is 81.4 Å². The van der Waals surface area contributed by atoms with E-state index < -0.39 is 23.8 Å². The van der Waals surface area contributed by atoms with Gasteiger partial charge in [0.15, 0.2) is 6.10 Å². The summed E-state index contributed by atoms with van der Waals surface area (Å²) in [6, 6.07) is 3.34. The van der Waals surface area contributed by atoms with Crippen molar-refractivity contribution in [3.05, 3.63) is 29.6 Å². The smallest absolute Gasteiger partial charge is 0.341 e. The number of amides is 1. The highest BCUT2D eigenvalue weighted by Gasteiger charge is 2.19. The molecule has 1 amide bonds. The van der Waals surface area contributed by atoms with Crippen LogP contribution in [0, 0.1) is 5.82 Å². The van der Waals surface area contributed by atoms with Crippen LogP contribution in [0.15, 0.2) is 18.2 Å². The maximum Gasteiger partial charge on any atom is 0.341 e. The van der Waals surface area contributed by atoms with E-state index in [0.29, 0.717) is 6.54 Å². The lowest BCUT2D eigenvalue weighted by molar-refractivity contribution is -0.128. The number of esters is 1.